The fourth-order valence-corrected chi connectivity index (χ4v) is 3.49. The number of urea groups is 2. The van der Waals surface area contributed by atoms with Gasteiger partial charge in [-0.25, -0.2) is 14.5 Å². The molecule has 5 heteroatoms. The van der Waals surface area contributed by atoms with Crippen LogP contribution in [0.4, 0.5) is 9.59 Å². The third-order valence-corrected chi connectivity index (χ3v) is 4.59. The zero-order valence-corrected chi connectivity index (χ0v) is 12.3. The molecule has 2 aliphatic rings. The van der Waals surface area contributed by atoms with Crippen LogP contribution in [0.2, 0.25) is 0 Å². The highest BCUT2D eigenvalue weighted by Gasteiger charge is 2.53. The minimum absolute atomic E-state index is 0.324. The summed E-state index contributed by atoms with van der Waals surface area (Å²) in [5.41, 5.74) is 3.00. The van der Waals surface area contributed by atoms with Gasteiger partial charge in [0.05, 0.1) is 0 Å². The number of nitrogens with zero attached hydrogens (tertiary/aromatic N) is 2. The van der Waals surface area contributed by atoms with Crippen molar-refractivity contribution in [1.82, 2.24) is 15.1 Å². The first kappa shape index (κ1) is 12.9. The summed E-state index contributed by atoms with van der Waals surface area (Å²) >= 11 is 0. The van der Waals surface area contributed by atoms with Crippen LogP contribution in [0, 0.1) is 0 Å². The maximum absolute atomic E-state index is 12.5. The summed E-state index contributed by atoms with van der Waals surface area (Å²) in [6.45, 7) is 0. The SMILES string of the molecule is CN1C(=O)NC2(c3ccccc3-c3ccccc32)N(C)C1=O. The third kappa shape index (κ3) is 1.33. The Labute approximate surface area is 128 Å². The van der Waals surface area contributed by atoms with Crippen molar-refractivity contribution >= 4 is 12.1 Å². The Balaban J connectivity index is 2.06. The van der Waals surface area contributed by atoms with Gasteiger partial charge in [-0.15, -0.1) is 0 Å². The normalized spacial score (nSPS) is 18.3. The Kier molecular flexibility index (Phi) is 2.40. The van der Waals surface area contributed by atoms with Crippen LogP contribution in [0.15, 0.2) is 48.5 Å². The van der Waals surface area contributed by atoms with Gasteiger partial charge in [0.1, 0.15) is 0 Å². The van der Waals surface area contributed by atoms with Crippen LogP contribution in [-0.2, 0) is 5.66 Å². The Hall–Kier alpha value is -2.82. The van der Waals surface area contributed by atoms with E-state index in [0.717, 1.165) is 27.2 Å². The molecular weight excluding hydrogens is 278 g/mol. The molecule has 1 spiro atoms. The molecular formula is C17H15N3O2. The maximum atomic E-state index is 12.5. The number of amides is 4. The van der Waals surface area contributed by atoms with E-state index in [1.165, 1.54) is 7.05 Å². The summed E-state index contributed by atoms with van der Waals surface area (Å²) in [5, 5.41) is 3.03. The first-order chi connectivity index (χ1) is 10.6. The van der Waals surface area contributed by atoms with Crippen LogP contribution in [0.3, 0.4) is 0 Å². The topological polar surface area (TPSA) is 52.7 Å². The van der Waals surface area contributed by atoms with E-state index < -0.39 is 11.7 Å². The van der Waals surface area contributed by atoms with Gasteiger partial charge in [-0.1, -0.05) is 48.5 Å². The lowest BCUT2D eigenvalue weighted by molar-refractivity contribution is 0.0890. The van der Waals surface area contributed by atoms with E-state index in [9.17, 15) is 9.59 Å². The van der Waals surface area contributed by atoms with Gasteiger partial charge < -0.3 is 5.32 Å². The second kappa shape index (κ2) is 4.10. The second-order valence-corrected chi connectivity index (χ2v) is 5.63. The molecule has 0 saturated carbocycles. The highest BCUT2D eigenvalue weighted by Crippen LogP contribution is 2.49. The van der Waals surface area contributed by atoms with Gasteiger partial charge >= 0.3 is 12.1 Å². The molecule has 4 rings (SSSR count). The number of carbonyl (C=O) groups excluding carboxylic acids is 2. The molecule has 0 radical (unpaired) electrons. The van der Waals surface area contributed by atoms with E-state index in [1.807, 2.05) is 48.5 Å². The van der Waals surface area contributed by atoms with Crippen molar-refractivity contribution in [2.45, 2.75) is 5.66 Å². The van der Waals surface area contributed by atoms with Crippen LogP contribution in [0.1, 0.15) is 11.1 Å². The summed E-state index contributed by atoms with van der Waals surface area (Å²) < 4.78 is 0. The van der Waals surface area contributed by atoms with Gasteiger partial charge in [0, 0.05) is 25.2 Å². The predicted octanol–water partition coefficient (Wildman–Crippen LogP) is 2.57. The average molecular weight is 293 g/mol. The number of fused-ring (bicyclic) bond motifs is 5. The van der Waals surface area contributed by atoms with E-state index in [-0.39, 0.29) is 6.03 Å². The number of rotatable bonds is 0. The lowest BCUT2D eigenvalue weighted by Crippen LogP contribution is -2.68. The average Bonchev–Trinajstić information content (AvgIpc) is 2.83. The fraction of sp³-hybridized carbons (Fsp3) is 0.176. The van der Waals surface area contributed by atoms with Gasteiger partial charge in [0.25, 0.3) is 0 Å². The van der Waals surface area contributed by atoms with Crippen LogP contribution in [0.5, 0.6) is 0 Å². The van der Waals surface area contributed by atoms with E-state index in [2.05, 4.69) is 5.32 Å². The molecule has 4 amide bonds. The van der Waals surface area contributed by atoms with Gasteiger partial charge in [-0.3, -0.25) is 4.90 Å². The Morgan fingerprint density at radius 3 is 1.91 bits per heavy atom. The maximum Gasteiger partial charge on any atom is 0.330 e. The molecule has 2 aromatic carbocycles. The fourth-order valence-electron chi connectivity index (χ4n) is 3.49. The van der Waals surface area contributed by atoms with E-state index >= 15 is 0 Å². The quantitative estimate of drug-likeness (QED) is 0.811. The molecule has 1 saturated heterocycles. The van der Waals surface area contributed by atoms with Crippen molar-refractivity contribution in [3.8, 4) is 11.1 Å². The highest BCUT2D eigenvalue weighted by molar-refractivity contribution is 5.99. The van der Waals surface area contributed by atoms with E-state index in [4.69, 9.17) is 0 Å². The molecule has 5 nitrogen and oxygen atoms in total. The lowest BCUT2D eigenvalue weighted by Gasteiger charge is -2.46. The molecule has 0 unspecified atom stereocenters. The molecule has 0 aromatic heterocycles. The number of hydrogen-bond acceptors (Lipinski definition) is 2. The van der Waals surface area contributed by atoms with Gasteiger partial charge in [-0.2, -0.15) is 0 Å². The number of imide groups is 1. The zero-order valence-electron chi connectivity index (χ0n) is 12.3. The third-order valence-electron chi connectivity index (χ3n) is 4.59. The number of benzene rings is 2. The van der Waals surface area contributed by atoms with Crippen LogP contribution < -0.4 is 5.32 Å². The predicted molar refractivity (Wildman–Crippen MR) is 82.1 cm³/mol. The minimum Gasteiger partial charge on any atom is -0.307 e. The van der Waals surface area contributed by atoms with E-state index in [0.29, 0.717) is 0 Å². The molecule has 1 heterocycles. The summed E-state index contributed by atoms with van der Waals surface area (Å²) in [6.07, 6.45) is 0. The molecule has 1 aliphatic heterocycles. The highest BCUT2D eigenvalue weighted by atomic mass is 16.2. The van der Waals surface area contributed by atoms with Crippen molar-refractivity contribution in [3.05, 3.63) is 59.7 Å². The van der Waals surface area contributed by atoms with Crippen LogP contribution in [-0.4, -0.2) is 36.0 Å². The monoisotopic (exact) mass is 293 g/mol. The summed E-state index contributed by atoms with van der Waals surface area (Å²) in [7, 11) is 3.20. The number of carbonyl (C=O) groups is 2. The van der Waals surface area contributed by atoms with Gasteiger partial charge in [0.2, 0.25) is 0 Å². The van der Waals surface area contributed by atoms with Crippen molar-refractivity contribution in [2.75, 3.05) is 14.1 Å². The van der Waals surface area contributed by atoms with E-state index in [1.54, 1.807) is 11.9 Å². The number of nitrogens with one attached hydrogen (secondary N) is 1. The summed E-state index contributed by atoms with van der Waals surface area (Å²) in [4.78, 5) is 27.5. The summed E-state index contributed by atoms with van der Waals surface area (Å²) in [6, 6.07) is 15.0. The smallest absolute Gasteiger partial charge is 0.307 e. The molecule has 1 aliphatic carbocycles. The van der Waals surface area contributed by atoms with Crippen molar-refractivity contribution in [3.63, 3.8) is 0 Å². The Morgan fingerprint density at radius 2 is 1.36 bits per heavy atom. The van der Waals surface area contributed by atoms with Crippen molar-refractivity contribution in [2.24, 2.45) is 0 Å². The summed E-state index contributed by atoms with van der Waals surface area (Å²) in [5.74, 6) is 0. The molecule has 22 heavy (non-hydrogen) atoms. The van der Waals surface area contributed by atoms with Crippen molar-refractivity contribution < 1.29 is 9.59 Å². The molecule has 2 aromatic rings. The first-order valence-electron chi connectivity index (χ1n) is 7.10. The van der Waals surface area contributed by atoms with Crippen LogP contribution in [0.25, 0.3) is 11.1 Å². The molecule has 110 valence electrons. The second-order valence-electron chi connectivity index (χ2n) is 5.63. The van der Waals surface area contributed by atoms with Gasteiger partial charge in [0.15, 0.2) is 5.66 Å². The lowest BCUT2D eigenvalue weighted by atomic mass is 9.94. The van der Waals surface area contributed by atoms with Crippen LogP contribution >= 0.6 is 0 Å². The molecule has 0 bridgehead atoms. The molecule has 1 fully saturated rings. The van der Waals surface area contributed by atoms with Crippen molar-refractivity contribution in [1.29, 1.82) is 0 Å². The minimum atomic E-state index is -0.937. The standard InChI is InChI=1S/C17H15N3O2/c1-19-15(21)18-17(20(2)16(19)22)13-9-5-3-7-11(13)12-8-4-6-10-14(12)17/h3-10H,1-2H3,(H,18,21). The zero-order chi connectivity index (χ0) is 15.5. The molecule has 1 N–H and O–H groups in total. The number of hydrogen-bond donors (Lipinski definition) is 1. The Bertz CT molecular complexity index is 770. The largest absolute Gasteiger partial charge is 0.330 e. The first-order valence-corrected chi connectivity index (χ1v) is 7.10. The Morgan fingerprint density at radius 1 is 0.864 bits per heavy atom. The molecule has 0 atom stereocenters. The van der Waals surface area contributed by atoms with Gasteiger partial charge in [-0.05, 0) is 11.1 Å².